The Bertz CT molecular complexity index is 748. The Hall–Kier alpha value is -1.89. The van der Waals surface area contributed by atoms with Crippen LogP contribution in [0.4, 0.5) is 5.69 Å². The third-order valence-electron chi connectivity index (χ3n) is 3.85. The molecule has 5 nitrogen and oxygen atoms in total. The van der Waals surface area contributed by atoms with E-state index in [4.69, 9.17) is 0 Å². The van der Waals surface area contributed by atoms with Gasteiger partial charge in [0.15, 0.2) is 0 Å². The van der Waals surface area contributed by atoms with Crippen LogP contribution in [0.15, 0.2) is 59.5 Å². The van der Waals surface area contributed by atoms with Gasteiger partial charge in [-0.3, -0.25) is 0 Å². The van der Waals surface area contributed by atoms with Gasteiger partial charge in [0.2, 0.25) is 10.0 Å². The fraction of sp³-hybridized carbons (Fsp3) is 0.368. The first-order valence-corrected chi connectivity index (χ1v) is 10.1. The van der Waals surface area contributed by atoms with Gasteiger partial charge in [-0.2, -0.15) is 0 Å². The van der Waals surface area contributed by atoms with Crippen molar-refractivity contribution in [1.29, 1.82) is 0 Å². The standard InChI is InChI=1S/C19H27N3O2S/c1-3-20-18-12-7-8-13-19(18)25(23,24)21-14-9-15-22(2)16-17-10-5-4-6-11-17/h4-8,10-13,20-21H,3,9,14-16H2,1-2H3. The highest BCUT2D eigenvalue weighted by atomic mass is 32.2. The molecule has 0 saturated carbocycles. The van der Waals surface area contributed by atoms with E-state index in [1.807, 2.05) is 38.2 Å². The van der Waals surface area contributed by atoms with Gasteiger partial charge in [-0.25, -0.2) is 13.1 Å². The molecule has 2 rings (SSSR count). The number of para-hydroxylation sites is 1. The highest BCUT2D eigenvalue weighted by molar-refractivity contribution is 7.89. The number of nitrogens with zero attached hydrogens (tertiary/aromatic N) is 1. The van der Waals surface area contributed by atoms with Crippen LogP contribution in [0.5, 0.6) is 0 Å². The maximum absolute atomic E-state index is 12.5. The minimum absolute atomic E-state index is 0.300. The first kappa shape index (κ1) is 19.4. The van der Waals surface area contributed by atoms with Crippen molar-refractivity contribution in [2.75, 3.05) is 32.0 Å². The van der Waals surface area contributed by atoms with E-state index in [9.17, 15) is 8.42 Å². The van der Waals surface area contributed by atoms with Gasteiger partial charge < -0.3 is 10.2 Å². The number of hydrogen-bond acceptors (Lipinski definition) is 4. The predicted molar refractivity (Wildman–Crippen MR) is 103 cm³/mol. The second-order valence-electron chi connectivity index (χ2n) is 6.00. The lowest BCUT2D eigenvalue weighted by Gasteiger charge is -2.17. The molecule has 0 amide bonds. The molecular formula is C19H27N3O2S. The molecular weight excluding hydrogens is 334 g/mol. The van der Waals surface area contributed by atoms with Crippen LogP contribution < -0.4 is 10.0 Å². The number of hydrogen-bond donors (Lipinski definition) is 2. The Balaban J connectivity index is 1.82. The first-order valence-electron chi connectivity index (χ1n) is 8.58. The van der Waals surface area contributed by atoms with E-state index in [1.54, 1.807) is 18.2 Å². The smallest absolute Gasteiger partial charge is 0.242 e. The summed E-state index contributed by atoms with van der Waals surface area (Å²) in [6.07, 6.45) is 0.756. The molecule has 6 heteroatoms. The Morgan fingerprint density at radius 2 is 1.68 bits per heavy atom. The molecule has 0 fully saturated rings. The molecule has 2 N–H and O–H groups in total. The highest BCUT2D eigenvalue weighted by Crippen LogP contribution is 2.20. The summed E-state index contributed by atoms with van der Waals surface area (Å²) in [7, 11) is -1.46. The molecule has 0 atom stereocenters. The van der Waals surface area contributed by atoms with Crippen LogP contribution in [0.3, 0.4) is 0 Å². The third-order valence-corrected chi connectivity index (χ3v) is 5.37. The molecule has 2 aromatic rings. The molecule has 0 unspecified atom stereocenters. The fourth-order valence-corrected chi connectivity index (χ4v) is 3.90. The Kier molecular flexibility index (Phi) is 7.43. The van der Waals surface area contributed by atoms with Crippen LogP contribution >= 0.6 is 0 Å². The van der Waals surface area contributed by atoms with E-state index in [0.29, 0.717) is 23.7 Å². The highest BCUT2D eigenvalue weighted by Gasteiger charge is 2.17. The molecule has 0 bridgehead atoms. The lowest BCUT2D eigenvalue weighted by atomic mass is 10.2. The Morgan fingerprint density at radius 3 is 2.40 bits per heavy atom. The molecule has 0 radical (unpaired) electrons. The summed E-state index contributed by atoms with van der Waals surface area (Å²) in [5.74, 6) is 0. The molecule has 0 aliphatic carbocycles. The number of benzene rings is 2. The predicted octanol–water partition coefficient (Wildman–Crippen LogP) is 2.92. The van der Waals surface area contributed by atoms with Crippen molar-refractivity contribution in [2.45, 2.75) is 24.8 Å². The van der Waals surface area contributed by atoms with Crippen molar-refractivity contribution < 1.29 is 8.42 Å². The summed E-state index contributed by atoms with van der Waals surface area (Å²) in [5.41, 5.74) is 1.89. The van der Waals surface area contributed by atoms with Crippen molar-refractivity contribution in [3.05, 3.63) is 60.2 Å². The van der Waals surface area contributed by atoms with Crippen LogP contribution in [0.1, 0.15) is 18.9 Å². The number of nitrogens with one attached hydrogen (secondary N) is 2. The molecule has 0 aliphatic heterocycles. The second kappa shape index (κ2) is 9.56. The molecule has 25 heavy (non-hydrogen) atoms. The monoisotopic (exact) mass is 361 g/mol. The lowest BCUT2D eigenvalue weighted by Crippen LogP contribution is -2.28. The quantitative estimate of drug-likeness (QED) is 0.639. The van der Waals surface area contributed by atoms with Crippen molar-refractivity contribution in [3.8, 4) is 0 Å². The average molecular weight is 362 g/mol. The molecule has 0 spiro atoms. The zero-order chi connectivity index (χ0) is 18.1. The van der Waals surface area contributed by atoms with Crippen LogP contribution in [-0.4, -0.2) is 40.0 Å². The molecule has 0 aliphatic rings. The third kappa shape index (κ3) is 6.16. The second-order valence-corrected chi connectivity index (χ2v) is 7.74. The molecule has 136 valence electrons. The van der Waals surface area contributed by atoms with Gasteiger partial charge in [-0.05, 0) is 44.6 Å². The van der Waals surface area contributed by atoms with Crippen molar-refractivity contribution >= 4 is 15.7 Å². The van der Waals surface area contributed by atoms with Crippen molar-refractivity contribution in [2.24, 2.45) is 0 Å². The van der Waals surface area contributed by atoms with Crippen LogP contribution in [0.2, 0.25) is 0 Å². The fourth-order valence-electron chi connectivity index (χ4n) is 2.64. The van der Waals surface area contributed by atoms with Gasteiger partial charge in [-0.1, -0.05) is 42.5 Å². The molecule has 0 aromatic heterocycles. The minimum Gasteiger partial charge on any atom is -0.384 e. The van der Waals surface area contributed by atoms with Gasteiger partial charge in [0.25, 0.3) is 0 Å². The molecule has 0 heterocycles. The SMILES string of the molecule is CCNc1ccccc1S(=O)(=O)NCCCN(C)Cc1ccccc1. The maximum atomic E-state index is 12.5. The summed E-state index contributed by atoms with van der Waals surface area (Å²) in [6.45, 7) is 4.72. The molecule has 0 saturated heterocycles. The van der Waals surface area contributed by atoms with Crippen molar-refractivity contribution in [1.82, 2.24) is 9.62 Å². The van der Waals surface area contributed by atoms with E-state index in [1.165, 1.54) is 5.56 Å². The van der Waals surface area contributed by atoms with Gasteiger partial charge in [0, 0.05) is 19.6 Å². The average Bonchev–Trinajstić information content (AvgIpc) is 2.60. The van der Waals surface area contributed by atoms with E-state index < -0.39 is 10.0 Å². The Labute approximate surface area is 151 Å². The van der Waals surface area contributed by atoms with Gasteiger partial charge in [0.1, 0.15) is 4.90 Å². The van der Waals surface area contributed by atoms with E-state index in [2.05, 4.69) is 27.1 Å². The topological polar surface area (TPSA) is 61.4 Å². The summed E-state index contributed by atoms with van der Waals surface area (Å²) in [6, 6.07) is 17.2. The first-order chi connectivity index (χ1) is 12.0. The normalized spacial score (nSPS) is 11.6. The minimum atomic E-state index is -3.50. The lowest BCUT2D eigenvalue weighted by molar-refractivity contribution is 0.322. The number of anilines is 1. The number of sulfonamides is 1. The zero-order valence-corrected chi connectivity index (χ0v) is 15.7. The Morgan fingerprint density at radius 1 is 1.00 bits per heavy atom. The maximum Gasteiger partial charge on any atom is 0.242 e. The van der Waals surface area contributed by atoms with E-state index in [-0.39, 0.29) is 0 Å². The van der Waals surface area contributed by atoms with Crippen LogP contribution in [-0.2, 0) is 16.6 Å². The number of rotatable bonds is 10. The van der Waals surface area contributed by atoms with Crippen molar-refractivity contribution in [3.63, 3.8) is 0 Å². The van der Waals surface area contributed by atoms with E-state index >= 15 is 0 Å². The summed E-state index contributed by atoms with van der Waals surface area (Å²) >= 11 is 0. The van der Waals surface area contributed by atoms with Crippen LogP contribution in [0, 0.1) is 0 Å². The van der Waals surface area contributed by atoms with Crippen LogP contribution in [0.25, 0.3) is 0 Å². The van der Waals surface area contributed by atoms with Gasteiger partial charge >= 0.3 is 0 Å². The molecule has 2 aromatic carbocycles. The summed E-state index contributed by atoms with van der Waals surface area (Å²) in [4.78, 5) is 2.49. The van der Waals surface area contributed by atoms with E-state index in [0.717, 1.165) is 19.5 Å². The zero-order valence-electron chi connectivity index (χ0n) is 14.9. The van der Waals surface area contributed by atoms with Gasteiger partial charge in [0.05, 0.1) is 5.69 Å². The summed E-state index contributed by atoms with van der Waals surface area (Å²) < 4.78 is 27.7. The van der Waals surface area contributed by atoms with Gasteiger partial charge in [-0.15, -0.1) is 0 Å². The largest absolute Gasteiger partial charge is 0.384 e. The summed E-state index contributed by atoms with van der Waals surface area (Å²) in [5, 5.41) is 3.09.